The SMILES string of the molecule is CCOC(=O)C1=CN[C@](C)(C#N)C1N. The Labute approximate surface area is 82.5 Å². The Morgan fingerprint density at radius 2 is 2.57 bits per heavy atom. The molecule has 14 heavy (non-hydrogen) atoms. The molecular formula is C9H13N3O2. The minimum absolute atomic E-state index is 0.298. The van der Waals surface area contributed by atoms with Gasteiger partial charge in [0.1, 0.15) is 5.54 Å². The van der Waals surface area contributed by atoms with E-state index in [1.807, 2.05) is 6.07 Å². The molecule has 76 valence electrons. The van der Waals surface area contributed by atoms with E-state index in [-0.39, 0.29) is 0 Å². The first-order valence-electron chi connectivity index (χ1n) is 4.37. The van der Waals surface area contributed by atoms with Crippen molar-refractivity contribution in [1.29, 1.82) is 5.26 Å². The summed E-state index contributed by atoms with van der Waals surface area (Å²) in [5.74, 6) is -0.466. The van der Waals surface area contributed by atoms with E-state index in [4.69, 9.17) is 15.7 Å². The van der Waals surface area contributed by atoms with Crippen LogP contribution in [0.3, 0.4) is 0 Å². The van der Waals surface area contributed by atoms with Gasteiger partial charge in [-0.15, -0.1) is 0 Å². The first kappa shape index (κ1) is 10.5. The molecule has 1 aliphatic rings. The van der Waals surface area contributed by atoms with E-state index in [9.17, 15) is 4.79 Å². The van der Waals surface area contributed by atoms with Crippen molar-refractivity contribution in [3.63, 3.8) is 0 Å². The summed E-state index contributed by atoms with van der Waals surface area (Å²) in [5.41, 5.74) is 5.15. The van der Waals surface area contributed by atoms with Gasteiger partial charge in [0.15, 0.2) is 0 Å². The second-order valence-corrected chi connectivity index (χ2v) is 3.26. The molecule has 0 aromatic carbocycles. The van der Waals surface area contributed by atoms with E-state index < -0.39 is 17.6 Å². The lowest BCUT2D eigenvalue weighted by Gasteiger charge is -2.22. The average Bonchev–Trinajstić information content (AvgIpc) is 2.45. The van der Waals surface area contributed by atoms with E-state index in [1.54, 1.807) is 13.8 Å². The Morgan fingerprint density at radius 3 is 3.00 bits per heavy atom. The predicted octanol–water partition coefficient (Wildman–Crippen LogP) is -0.354. The van der Waals surface area contributed by atoms with Gasteiger partial charge in [0, 0.05) is 6.20 Å². The molecule has 0 fully saturated rings. The number of ether oxygens (including phenoxy) is 1. The van der Waals surface area contributed by atoms with Crippen LogP contribution in [-0.2, 0) is 9.53 Å². The number of hydrogen-bond acceptors (Lipinski definition) is 5. The van der Waals surface area contributed by atoms with Crippen molar-refractivity contribution in [2.75, 3.05) is 6.61 Å². The molecule has 0 amide bonds. The number of nitrogens with one attached hydrogen (secondary N) is 1. The topological polar surface area (TPSA) is 88.1 Å². The molecule has 1 unspecified atom stereocenters. The van der Waals surface area contributed by atoms with Crippen molar-refractivity contribution >= 4 is 5.97 Å². The van der Waals surface area contributed by atoms with Crippen LogP contribution >= 0.6 is 0 Å². The molecule has 0 bridgehead atoms. The van der Waals surface area contributed by atoms with Gasteiger partial charge in [-0.3, -0.25) is 0 Å². The molecule has 0 aromatic heterocycles. The molecule has 0 saturated carbocycles. The van der Waals surface area contributed by atoms with Crippen molar-refractivity contribution in [2.24, 2.45) is 5.73 Å². The summed E-state index contributed by atoms with van der Waals surface area (Å²) in [4.78, 5) is 11.3. The molecule has 5 nitrogen and oxygen atoms in total. The maximum absolute atomic E-state index is 11.3. The zero-order chi connectivity index (χ0) is 10.8. The summed E-state index contributed by atoms with van der Waals surface area (Å²) in [7, 11) is 0. The van der Waals surface area contributed by atoms with Gasteiger partial charge in [0.2, 0.25) is 0 Å². The van der Waals surface area contributed by atoms with Crippen LogP contribution in [0, 0.1) is 11.3 Å². The highest BCUT2D eigenvalue weighted by atomic mass is 16.5. The predicted molar refractivity (Wildman–Crippen MR) is 49.8 cm³/mol. The summed E-state index contributed by atoms with van der Waals surface area (Å²) in [6.07, 6.45) is 1.45. The van der Waals surface area contributed by atoms with Crippen LogP contribution < -0.4 is 11.1 Å². The highest BCUT2D eigenvalue weighted by Gasteiger charge is 2.41. The van der Waals surface area contributed by atoms with Gasteiger partial charge in [-0.25, -0.2) is 4.79 Å². The van der Waals surface area contributed by atoms with E-state index in [0.717, 1.165) is 0 Å². The lowest BCUT2D eigenvalue weighted by atomic mass is 9.93. The fourth-order valence-corrected chi connectivity index (χ4v) is 1.22. The van der Waals surface area contributed by atoms with Gasteiger partial charge in [-0.05, 0) is 13.8 Å². The highest BCUT2D eigenvalue weighted by Crippen LogP contribution is 2.21. The fourth-order valence-electron chi connectivity index (χ4n) is 1.22. The van der Waals surface area contributed by atoms with Crippen molar-refractivity contribution in [2.45, 2.75) is 25.4 Å². The smallest absolute Gasteiger partial charge is 0.337 e. The second kappa shape index (κ2) is 3.68. The largest absolute Gasteiger partial charge is 0.463 e. The Hall–Kier alpha value is -1.54. The van der Waals surface area contributed by atoms with Gasteiger partial charge in [-0.1, -0.05) is 0 Å². The molecule has 0 saturated heterocycles. The number of nitrogens with zero attached hydrogens (tertiary/aromatic N) is 1. The van der Waals surface area contributed by atoms with Crippen LogP contribution in [0.1, 0.15) is 13.8 Å². The highest BCUT2D eigenvalue weighted by molar-refractivity contribution is 5.91. The molecule has 0 aliphatic carbocycles. The molecule has 3 N–H and O–H groups in total. The minimum atomic E-state index is -0.915. The third kappa shape index (κ3) is 1.56. The Kier molecular flexibility index (Phi) is 2.77. The zero-order valence-corrected chi connectivity index (χ0v) is 8.20. The van der Waals surface area contributed by atoms with Crippen LogP contribution in [0.5, 0.6) is 0 Å². The molecule has 0 aromatic rings. The van der Waals surface area contributed by atoms with Gasteiger partial charge in [0.05, 0.1) is 24.3 Å². The zero-order valence-electron chi connectivity index (χ0n) is 8.20. The fraction of sp³-hybridized carbons (Fsp3) is 0.556. The molecular weight excluding hydrogens is 182 g/mol. The number of nitriles is 1. The van der Waals surface area contributed by atoms with Crippen molar-refractivity contribution in [1.82, 2.24) is 5.32 Å². The van der Waals surface area contributed by atoms with Crippen molar-refractivity contribution < 1.29 is 9.53 Å². The van der Waals surface area contributed by atoms with Crippen molar-refractivity contribution in [3.05, 3.63) is 11.8 Å². The number of carbonyl (C=O) groups is 1. The molecule has 0 spiro atoms. The van der Waals surface area contributed by atoms with E-state index in [0.29, 0.717) is 12.2 Å². The summed E-state index contributed by atoms with van der Waals surface area (Å²) >= 11 is 0. The minimum Gasteiger partial charge on any atom is -0.463 e. The van der Waals surface area contributed by atoms with Gasteiger partial charge in [-0.2, -0.15) is 5.26 Å². The van der Waals surface area contributed by atoms with Crippen LogP contribution in [0.25, 0.3) is 0 Å². The normalized spacial score (nSPS) is 30.1. The summed E-state index contributed by atoms with van der Waals surface area (Å²) < 4.78 is 4.80. The van der Waals surface area contributed by atoms with E-state index >= 15 is 0 Å². The van der Waals surface area contributed by atoms with Gasteiger partial charge < -0.3 is 15.8 Å². The van der Waals surface area contributed by atoms with Crippen molar-refractivity contribution in [3.8, 4) is 6.07 Å². The van der Waals surface area contributed by atoms with E-state index in [1.165, 1.54) is 6.20 Å². The monoisotopic (exact) mass is 195 g/mol. The molecule has 1 rings (SSSR count). The average molecular weight is 195 g/mol. The van der Waals surface area contributed by atoms with Crippen LogP contribution in [0.4, 0.5) is 0 Å². The molecule has 1 heterocycles. The molecule has 0 radical (unpaired) electrons. The van der Waals surface area contributed by atoms with Gasteiger partial charge >= 0.3 is 5.97 Å². The lowest BCUT2D eigenvalue weighted by molar-refractivity contribution is -0.138. The Balaban J connectivity index is 2.78. The summed E-state index contributed by atoms with van der Waals surface area (Å²) in [5, 5.41) is 11.6. The lowest BCUT2D eigenvalue weighted by Crippen LogP contribution is -2.50. The maximum Gasteiger partial charge on any atom is 0.337 e. The number of carbonyl (C=O) groups excluding carboxylic acids is 1. The Bertz CT molecular complexity index is 319. The first-order valence-corrected chi connectivity index (χ1v) is 4.37. The molecule has 2 atom stereocenters. The van der Waals surface area contributed by atoms with Crippen LogP contribution in [0.15, 0.2) is 11.8 Å². The number of nitrogens with two attached hydrogens (primary N) is 1. The maximum atomic E-state index is 11.3. The first-order chi connectivity index (χ1) is 6.55. The third-order valence-corrected chi connectivity index (χ3v) is 2.23. The summed E-state index contributed by atoms with van der Waals surface area (Å²) in [6.45, 7) is 3.66. The standard InChI is InChI=1S/C9H13N3O2/c1-3-14-8(13)6-4-12-9(2,5-10)7(6)11/h4,7,12H,3,11H2,1-2H3/t7?,9-/m1/s1. The third-order valence-electron chi connectivity index (χ3n) is 2.23. The Morgan fingerprint density at radius 1 is 1.93 bits per heavy atom. The summed E-state index contributed by atoms with van der Waals surface area (Å²) in [6, 6.07) is 1.37. The van der Waals surface area contributed by atoms with Gasteiger partial charge in [0.25, 0.3) is 0 Å². The van der Waals surface area contributed by atoms with E-state index in [2.05, 4.69) is 5.32 Å². The number of rotatable bonds is 2. The number of esters is 1. The number of hydrogen-bond donors (Lipinski definition) is 2. The quantitative estimate of drug-likeness (QED) is 0.588. The van der Waals surface area contributed by atoms with Crippen LogP contribution in [0.2, 0.25) is 0 Å². The second-order valence-electron chi connectivity index (χ2n) is 3.26. The molecule has 5 heteroatoms. The molecule has 1 aliphatic heterocycles. The van der Waals surface area contributed by atoms with Crippen LogP contribution in [-0.4, -0.2) is 24.2 Å².